The molecular formula is C15H16N2O4S. The lowest BCUT2D eigenvalue weighted by molar-refractivity contribution is -0.138. The molecule has 6 nitrogen and oxygen atoms in total. The van der Waals surface area contributed by atoms with Crippen molar-refractivity contribution < 1.29 is 19.8 Å². The standard InChI is InChI=1S/C15H16N2O4S/c1-17(8-14(18)19)7-11-4-2-3-10(5-11)6-13-16-12(9-22-13)15(20)21/h2-5,9H,6-8H2,1H3,(H,18,19)(H,20,21). The Hall–Kier alpha value is -2.25. The van der Waals surface area contributed by atoms with Crippen LogP contribution in [-0.4, -0.2) is 45.6 Å². The Labute approximate surface area is 131 Å². The third-order valence-electron chi connectivity index (χ3n) is 2.98. The molecule has 0 saturated heterocycles. The average molecular weight is 320 g/mol. The summed E-state index contributed by atoms with van der Waals surface area (Å²) in [7, 11) is 1.75. The van der Waals surface area contributed by atoms with E-state index >= 15 is 0 Å². The highest BCUT2D eigenvalue weighted by Gasteiger charge is 2.10. The van der Waals surface area contributed by atoms with E-state index in [1.165, 1.54) is 16.7 Å². The van der Waals surface area contributed by atoms with Crippen molar-refractivity contribution in [2.75, 3.05) is 13.6 Å². The predicted molar refractivity (Wildman–Crippen MR) is 82.3 cm³/mol. The molecule has 0 aliphatic carbocycles. The minimum absolute atomic E-state index is 0.0152. The van der Waals surface area contributed by atoms with Gasteiger partial charge in [-0.25, -0.2) is 9.78 Å². The molecular weight excluding hydrogens is 304 g/mol. The van der Waals surface area contributed by atoms with Gasteiger partial charge in [0.15, 0.2) is 5.69 Å². The number of aliphatic carboxylic acids is 1. The van der Waals surface area contributed by atoms with E-state index in [2.05, 4.69) is 4.98 Å². The SMILES string of the molecule is CN(CC(=O)O)Cc1cccc(Cc2nc(C(=O)O)cs2)c1. The van der Waals surface area contributed by atoms with Crippen LogP contribution in [0.5, 0.6) is 0 Å². The fourth-order valence-corrected chi connectivity index (χ4v) is 2.90. The maximum Gasteiger partial charge on any atom is 0.355 e. The fraction of sp³-hybridized carbons (Fsp3) is 0.267. The molecule has 0 aliphatic rings. The Kier molecular flexibility index (Phi) is 5.24. The normalized spacial score (nSPS) is 10.8. The fourth-order valence-electron chi connectivity index (χ4n) is 2.10. The molecule has 0 unspecified atom stereocenters. The molecule has 1 aromatic carbocycles. The predicted octanol–water partition coefficient (Wildman–Crippen LogP) is 1.95. The molecule has 22 heavy (non-hydrogen) atoms. The topological polar surface area (TPSA) is 90.7 Å². The van der Waals surface area contributed by atoms with Gasteiger partial charge in [0.1, 0.15) is 0 Å². The van der Waals surface area contributed by atoms with E-state index in [1.807, 2.05) is 24.3 Å². The Morgan fingerprint density at radius 2 is 2.00 bits per heavy atom. The minimum Gasteiger partial charge on any atom is -0.480 e. The smallest absolute Gasteiger partial charge is 0.355 e. The molecule has 0 bridgehead atoms. The van der Waals surface area contributed by atoms with Crippen molar-refractivity contribution in [2.24, 2.45) is 0 Å². The largest absolute Gasteiger partial charge is 0.480 e. The number of carboxylic acid groups (broad SMARTS) is 2. The lowest BCUT2D eigenvalue weighted by atomic mass is 10.1. The maximum absolute atomic E-state index is 10.8. The first-order chi connectivity index (χ1) is 10.4. The molecule has 2 aromatic rings. The molecule has 2 N–H and O–H groups in total. The third kappa shape index (κ3) is 4.64. The van der Waals surface area contributed by atoms with E-state index in [0.717, 1.165) is 16.1 Å². The number of aromatic nitrogens is 1. The van der Waals surface area contributed by atoms with Gasteiger partial charge in [-0.15, -0.1) is 11.3 Å². The summed E-state index contributed by atoms with van der Waals surface area (Å²) in [5.74, 6) is -1.88. The van der Waals surface area contributed by atoms with Gasteiger partial charge in [0.25, 0.3) is 0 Å². The highest BCUT2D eigenvalue weighted by Crippen LogP contribution is 2.16. The van der Waals surface area contributed by atoms with E-state index < -0.39 is 11.9 Å². The van der Waals surface area contributed by atoms with Gasteiger partial charge in [-0.3, -0.25) is 9.69 Å². The van der Waals surface area contributed by atoms with Crippen LogP contribution in [0.15, 0.2) is 29.6 Å². The number of benzene rings is 1. The Bertz CT molecular complexity index is 684. The van der Waals surface area contributed by atoms with Crippen LogP contribution < -0.4 is 0 Å². The zero-order chi connectivity index (χ0) is 16.1. The zero-order valence-electron chi connectivity index (χ0n) is 12.0. The number of rotatable bonds is 7. The van der Waals surface area contributed by atoms with Crippen LogP contribution in [0.25, 0.3) is 0 Å². The number of aromatic carboxylic acids is 1. The number of carboxylic acids is 2. The van der Waals surface area contributed by atoms with Gasteiger partial charge < -0.3 is 10.2 Å². The minimum atomic E-state index is -1.02. The highest BCUT2D eigenvalue weighted by molar-refractivity contribution is 7.09. The molecule has 2 rings (SSSR count). The number of thiazole rings is 1. The summed E-state index contributed by atoms with van der Waals surface area (Å²) in [6.07, 6.45) is 0.564. The first-order valence-electron chi connectivity index (χ1n) is 6.60. The molecule has 0 atom stereocenters. The molecule has 0 radical (unpaired) electrons. The first kappa shape index (κ1) is 16.1. The Morgan fingerprint density at radius 1 is 1.27 bits per heavy atom. The molecule has 1 heterocycles. The molecule has 0 aliphatic heterocycles. The van der Waals surface area contributed by atoms with Crippen molar-refractivity contribution in [3.05, 3.63) is 51.5 Å². The third-order valence-corrected chi connectivity index (χ3v) is 3.82. The van der Waals surface area contributed by atoms with Crippen molar-refractivity contribution >= 4 is 23.3 Å². The van der Waals surface area contributed by atoms with Crippen molar-refractivity contribution in [1.82, 2.24) is 9.88 Å². The van der Waals surface area contributed by atoms with Crippen LogP contribution in [0.3, 0.4) is 0 Å². The van der Waals surface area contributed by atoms with Gasteiger partial charge in [0.05, 0.1) is 11.6 Å². The Morgan fingerprint density at radius 3 is 2.64 bits per heavy atom. The molecule has 0 spiro atoms. The number of likely N-dealkylation sites (N-methyl/N-ethyl adjacent to an activating group) is 1. The first-order valence-corrected chi connectivity index (χ1v) is 7.48. The summed E-state index contributed by atoms with van der Waals surface area (Å²) in [5, 5.41) is 19.9. The lowest BCUT2D eigenvalue weighted by Gasteiger charge is -2.14. The summed E-state index contributed by atoms with van der Waals surface area (Å²) in [6, 6.07) is 7.78. The van der Waals surface area contributed by atoms with E-state index in [4.69, 9.17) is 10.2 Å². The van der Waals surface area contributed by atoms with E-state index in [0.29, 0.717) is 13.0 Å². The second kappa shape index (κ2) is 7.15. The van der Waals surface area contributed by atoms with Crippen LogP contribution >= 0.6 is 11.3 Å². The summed E-state index contributed by atoms with van der Waals surface area (Å²) in [6.45, 7) is 0.525. The summed E-state index contributed by atoms with van der Waals surface area (Å²) in [4.78, 5) is 27.3. The monoisotopic (exact) mass is 320 g/mol. The van der Waals surface area contributed by atoms with Crippen LogP contribution in [0.1, 0.15) is 26.6 Å². The molecule has 1 aromatic heterocycles. The van der Waals surface area contributed by atoms with Gasteiger partial charge in [-0.05, 0) is 18.2 Å². The van der Waals surface area contributed by atoms with Crippen LogP contribution in [0.4, 0.5) is 0 Å². The zero-order valence-corrected chi connectivity index (χ0v) is 12.8. The number of carbonyl (C=O) groups is 2. The van der Waals surface area contributed by atoms with Gasteiger partial charge in [-0.1, -0.05) is 24.3 Å². The molecule has 7 heteroatoms. The molecule has 0 fully saturated rings. The van der Waals surface area contributed by atoms with E-state index in [1.54, 1.807) is 11.9 Å². The van der Waals surface area contributed by atoms with Crippen LogP contribution in [0, 0.1) is 0 Å². The quantitative estimate of drug-likeness (QED) is 0.810. The molecule has 0 saturated carbocycles. The van der Waals surface area contributed by atoms with Crippen LogP contribution in [-0.2, 0) is 17.8 Å². The van der Waals surface area contributed by atoms with Crippen molar-refractivity contribution in [1.29, 1.82) is 0 Å². The maximum atomic E-state index is 10.8. The second-order valence-electron chi connectivity index (χ2n) is 4.99. The summed E-state index contributed by atoms with van der Waals surface area (Å²) in [5.41, 5.74) is 2.10. The Balaban J connectivity index is 2.04. The average Bonchev–Trinajstić information content (AvgIpc) is 2.86. The molecule has 116 valence electrons. The van der Waals surface area contributed by atoms with Gasteiger partial charge in [-0.2, -0.15) is 0 Å². The van der Waals surface area contributed by atoms with Gasteiger partial charge in [0, 0.05) is 18.3 Å². The number of hydrogen-bond acceptors (Lipinski definition) is 5. The summed E-state index contributed by atoms with van der Waals surface area (Å²) < 4.78 is 0. The molecule has 0 amide bonds. The lowest BCUT2D eigenvalue weighted by Crippen LogP contribution is -2.25. The van der Waals surface area contributed by atoms with Gasteiger partial charge in [0.2, 0.25) is 0 Å². The highest BCUT2D eigenvalue weighted by atomic mass is 32.1. The van der Waals surface area contributed by atoms with Crippen molar-refractivity contribution in [3.8, 4) is 0 Å². The van der Waals surface area contributed by atoms with Crippen molar-refractivity contribution in [2.45, 2.75) is 13.0 Å². The van der Waals surface area contributed by atoms with Gasteiger partial charge >= 0.3 is 11.9 Å². The van der Waals surface area contributed by atoms with E-state index in [-0.39, 0.29) is 12.2 Å². The number of nitrogens with zero attached hydrogens (tertiary/aromatic N) is 2. The second-order valence-corrected chi connectivity index (χ2v) is 5.94. The number of hydrogen-bond donors (Lipinski definition) is 2. The van der Waals surface area contributed by atoms with Crippen molar-refractivity contribution in [3.63, 3.8) is 0 Å². The van der Waals surface area contributed by atoms with E-state index in [9.17, 15) is 9.59 Å². The van der Waals surface area contributed by atoms with Crippen LogP contribution in [0.2, 0.25) is 0 Å². The summed E-state index contributed by atoms with van der Waals surface area (Å²) >= 11 is 1.32.